The van der Waals surface area contributed by atoms with Crippen LogP contribution in [0.4, 0.5) is 0 Å². The van der Waals surface area contributed by atoms with Crippen molar-refractivity contribution in [3.8, 4) is 34.4 Å². The number of nitrogens with zero attached hydrogens (tertiary/aromatic N) is 5. The van der Waals surface area contributed by atoms with Crippen LogP contribution in [-0.2, 0) is 26.3 Å². The van der Waals surface area contributed by atoms with Crippen molar-refractivity contribution in [2.45, 2.75) is 72.9 Å². The van der Waals surface area contributed by atoms with Gasteiger partial charge in [-0.2, -0.15) is 5.26 Å². The summed E-state index contributed by atoms with van der Waals surface area (Å²) in [5.41, 5.74) is 9.51. The summed E-state index contributed by atoms with van der Waals surface area (Å²) in [7, 11) is 2.02. The number of rotatable bonds is 16. The van der Waals surface area contributed by atoms with Crippen LogP contribution in [0.3, 0.4) is 0 Å². The van der Waals surface area contributed by atoms with Crippen LogP contribution in [0, 0.1) is 39.0 Å². The first-order chi connectivity index (χ1) is 26.1. The molecule has 1 fully saturated rings. The maximum atomic E-state index is 9.81. The lowest BCUT2D eigenvalue weighted by Gasteiger charge is -2.21. The summed E-state index contributed by atoms with van der Waals surface area (Å²) < 4.78 is 24.4. The number of β-amino-alcohol motifs (C(OH)–C–C–N with tert-alkyl or cyclic N) is 1. The molecule has 0 spiro atoms. The highest BCUT2D eigenvalue weighted by atomic mass is 35.5. The Morgan fingerprint density at radius 1 is 0.926 bits per heavy atom. The number of aliphatic hydroxyl groups excluding tert-OH is 1. The molecule has 1 unspecified atom stereocenters. The quantitative estimate of drug-likeness (QED) is 0.0992. The Morgan fingerprint density at radius 3 is 2.44 bits per heavy atom. The molecular formula is C43H48ClN5O5. The van der Waals surface area contributed by atoms with Crippen molar-refractivity contribution in [1.29, 1.82) is 5.26 Å². The summed E-state index contributed by atoms with van der Waals surface area (Å²) in [5.74, 6) is 2.80. The molecule has 282 valence electrons. The highest BCUT2D eigenvalue weighted by Gasteiger charge is 2.20. The van der Waals surface area contributed by atoms with Crippen LogP contribution in [0.5, 0.6) is 17.2 Å². The second-order valence-corrected chi connectivity index (χ2v) is 14.5. The first-order valence-corrected chi connectivity index (χ1v) is 18.7. The topological polar surface area (TPSA) is 117 Å². The number of hydrogen-bond acceptors (Lipinski definition) is 10. The molecule has 3 aromatic carbocycles. The van der Waals surface area contributed by atoms with E-state index in [1.54, 1.807) is 12.3 Å². The normalized spacial score (nSPS) is 14.4. The number of halogens is 1. The lowest BCUT2D eigenvalue weighted by atomic mass is 9.93. The van der Waals surface area contributed by atoms with Crippen LogP contribution in [0.2, 0.25) is 5.02 Å². The zero-order chi connectivity index (χ0) is 38.2. The largest absolute Gasteiger partial charge is 0.493 e. The van der Waals surface area contributed by atoms with Gasteiger partial charge >= 0.3 is 0 Å². The Bertz CT molecular complexity index is 2090. The fourth-order valence-electron chi connectivity index (χ4n) is 6.91. The van der Waals surface area contributed by atoms with Crippen LogP contribution >= 0.6 is 11.6 Å². The highest BCUT2D eigenvalue weighted by molar-refractivity contribution is 6.32. The van der Waals surface area contributed by atoms with E-state index in [0.29, 0.717) is 48.4 Å². The Balaban J connectivity index is 1.17. The van der Waals surface area contributed by atoms with Gasteiger partial charge in [0, 0.05) is 67.9 Å². The van der Waals surface area contributed by atoms with Gasteiger partial charge in [-0.05, 0) is 93.6 Å². The van der Waals surface area contributed by atoms with Gasteiger partial charge in [-0.3, -0.25) is 9.88 Å². The van der Waals surface area contributed by atoms with Crippen LogP contribution in [-0.4, -0.2) is 64.4 Å². The first-order valence-electron chi connectivity index (χ1n) is 18.3. The van der Waals surface area contributed by atoms with Gasteiger partial charge in [-0.1, -0.05) is 47.1 Å². The lowest BCUT2D eigenvalue weighted by molar-refractivity contribution is 0.173. The van der Waals surface area contributed by atoms with E-state index in [1.165, 1.54) is 6.20 Å². The molecule has 1 N–H and O–H groups in total. The minimum atomic E-state index is -0.204. The molecule has 6 rings (SSSR count). The number of pyridine rings is 1. The number of likely N-dealkylation sites (tertiary alicyclic amines) is 1. The van der Waals surface area contributed by atoms with Gasteiger partial charge in [0.25, 0.3) is 0 Å². The van der Waals surface area contributed by atoms with Crippen molar-refractivity contribution >= 4 is 11.6 Å². The Morgan fingerprint density at radius 2 is 1.70 bits per heavy atom. The maximum absolute atomic E-state index is 9.81. The number of hydrogen-bond donors (Lipinski definition) is 1. The van der Waals surface area contributed by atoms with Crippen molar-refractivity contribution in [2.75, 3.05) is 33.3 Å². The molecule has 0 radical (unpaired) electrons. The second-order valence-electron chi connectivity index (χ2n) is 14.1. The number of ether oxygens (including phenoxy) is 3. The number of nitriles is 1. The van der Waals surface area contributed by atoms with E-state index in [0.717, 1.165) is 94.2 Å². The molecule has 0 amide bonds. The molecule has 1 saturated heterocycles. The molecule has 0 saturated carbocycles. The van der Waals surface area contributed by atoms with Gasteiger partial charge < -0.3 is 28.7 Å². The third-order valence-electron chi connectivity index (χ3n) is 10.0. The van der Waals surface area contributed by atoms with Crippen molar-refractivity contribution in [3.63, 3.8) is 0 Å². The molecule has 1 atom stereocenters. The molecule has 0 aliphatic carbocycles. The molecule has 0 bridgehead atoms. The molecule has 2 aromatic heterocycles. The fraction of sp³-hybridized carbons (Fsp3) is 0.372. The van der Waals surface area contributed by atoms with Crippen LogP contribution in [0.15, 0.2) is 71.5 Å². The summed E-state index contributed by atoms with van der Waals surface area (Å²) in [6.07, 6.45) is 4.77. The summed E-state index contributed by atoms with van der Waals surface area (Å²) in [6.45, 7) is 13.0. The van der Waals surface area contributed by atoms with Crippen molar-refractivity contribution in [1.82, 2.24) is 19.9 Å². The van der Waals surface area contributed by atoms with Crippen molar-refractivity contribution in [2.24, 2.45) is 0 Å². The minimum absolute atomic E-state index is 0.204. The van der Waals surface area contributed by atoms with E-state index in [-0.39, 0.29) is 12.7 Å². The molecule has 1 aliphatic heterocycles. The lowest BCUT2D eigenvalue weighted by Crippen LogP contribution is -2.24. The average Bonchev–Trinajstić information content (AvgIpc) is 3.73. The van der Waals surface area contributed by atoms with E-state index < -0.39 is 0 Å². The fourth-order valence-corrected chi connectivity index (χ4v) is 7.15. The predicted molar refractivity (Wildman–Crippen MR) is 209 cm³/mol. The molecule has 54 heavy (non-hydrogen) atoms. The van der Waals surface area contributed by atoms with E-state index in [4.69, 9.17) is 30.3 Å². The SMILES string of the molecule is Cc1noc(C)c1CN(C)Cc1cc(Cl)c(OCc2cccc(-c3cccc(OCCCN4CCC(O)C4)c3C)c2C)cc1OCc1cncc(C#N)c1. The van der Waals surface area contributed by atoms with Crippen molar-refractivity contribution in [3.05, 3.63) is 122 Å². The Kier molecular flexibility index (Phi) is 12.9. The number of aryl methyl sites for hydroxylation is 2. The number of aliphatic hydroxyl groups is 1. The molecule has 5 aromatic rings. The summed E-state index contributed by atoms with van der Waals surface area (Å²) in [4.78, 5) is 8.63. The van der Waals surface area contributed by atoms with Gasteiger partial charge in [0.2, 0.25) is 0 Å². The summed E-state index contributed by atoms with van der Waals surface area (Å²) >= 11 is 6.90. The third-order valence-corrected chi connectivity index (χ3v) is 10.3. The Hall–Kier alpha value is -4.92. The van der Waals surface area contributed by atoms with Gasteiger partial charge in [-0.25, -0.2) is 0 Å². The first kappa shape index (κ1) is 38.8. The molecule has 10 nitrogen and oxygen atoms in total. The standard InChI is InChI=1S/C43H48ClN5O5/c1-28-34(9-6-10-37(28)38-11-7-12-41(29(38)2)51-16-8-14-49-15-13-36(50)24-49)27-53-43-19-42(52-26-33-17-32(20-45)21-46-22-33)35(18-40(43)44)23-48(5)25-39-30(3)47-54-31(39)4/h6-7,9-12,17-19,21-22,36,50H,8,13-16,23-27H2,1-5H3. The summed E-state index contributed by atoms with van der Waals surface area (Å²) in [6, 6.07) is 20.1. The maximum Gasteiger partial charge on any atom is 0.142 e. The molecule has 3 heterocycles. The van der Waals surface area contributed by atoms with Crippen LogP contribution in [0.25, 0.3) is 11.1 Å². The Labute approximate surface area is 322 Å². The van der Waals surface area contributed by atoms with Gasteiger partial charge in [-0.15, -0.1) is 0 Å². The van der Waals surface area contributed by atoms with E-state index in [2.05, 4.69) is 64.1 Å². The molecule has 11 heteroatoms. The van der Waals surface area contributed by atoms with Crippen LogP contribution in [0.1, 0.15) is 63.2 Å². The highest BCUT2D eigenvalue weighted by Crippen LogP contribution is 2.37. The van der Waals surface area contributed by atoms with Gasteiger partial charge in [0.05, 0.1) is 29.0 Å². The van der Waals surface area contributed by atoms with E-state index >= 15 is 0 Å². The monoisotopic (exact) mass is 749 g/mol. The third kappa shape index (κ3) is 9.59. The molecular weight excluding hydrogens is 702 g/mol. The minimum Gasteiger partial charge on any atom is -0.493 e. The average molecular weight is 750 g/mol. The van der Waals surface area contributed by atoms with Crippen LogP contribution < -0.4 is 14.2 Å². The van der Waals surface area contributed by atoms with E-state index in [9.17, 15) is 10.4 Å². The predicted octanol–water partition coefficient (Wildman–Crippen LogP) is 8.12. The summed E-state index contributed by atoms with van der Waals surface area (Å²) in [5, 5.41) is 23.8. The second kappa shape index (κ2) is 17.9. The number of aromatic nitrogens is 2. The van der Waals surface area contributed by atoms with Gasteiger partial charge in [0.15, 0.2) is 0 Å². The van der Waals surface area contributed by atoms with Gasteiger partial charge in [0.1, 0.15) is 42.3 Å². The number of benzene rings is 3. The van der Waals surface area contributed by atoms with Crippen molar-refractivity contribution < 1.29 is 23.8 Å². The zero-order valence-corrected chi connectivity index (χ0v) is 32.4. The zero-order valence-electron chi connectivity index (χ0n) is 31.7. The molecule has 1 aliphatic rings. The van der Waals surface area contributed by atoms with E-state index in [1.807, 2.05) is 45.2 Å². The smallest absolute Gasteiger partial charge is 0.142 e.